The number of aromatic nitrogens is 1. The zero-order chi connectivity index (χ0) is 12.8. The molecule has 0 saturated carbocycles. The van der Waals surface area contributed by atoms with E-state index in [4.69, 9.17) is 0 Å². The molecule has 0 fully saturated rings. The van der Waals surface area contributed by atoms with Crippen LogP contribution < -0.4 is 10.6 Å². The summed E-state index contributed by atoms with van der Waals surface area (Å²) in [4.78, 5) is 15.2. The third kappa shape index (κ3) is 3.28. The quantitative estimate of drug-likeness (QED) is 0.868. The molecule has 0 bridgehead atoms. The molecule has 4 nitrogen and oxygen atoms in total. The van der Waals surface area contributed by atoms with Crippen molar-refractivity contribution in [2.75, 3.05) is 17.2 Å². The van der Waals surface area contributed by atoms with Gasteiger partial charge in [-0.1, -0.05) is 18.2 Å². The third-order valence-corrected chi connectivity index (χ3v) is 2.27. The molecule has 92 valence electrons. The normalized spacial score (nSPS) is 9.83. The minimum absolute atomic E-state index is 0.0752. The van der Waals surface area contributed by atoms with Crippen molar-refractivity contribution in [3.8, 4) is 0 Å². The number of nitrogens with one attached hydrogen (secondary N) is 2. The second-order valence-corrected chi connectivity index (χ2v) is 3.62. The van der Waals surface area contributed by atoms with Crippen LogP contribution in [0.2, 0.25) is 0 Å². The summed E-state index contributed by atoms with van der Waals surface area (Å²) in [7, 11) is 0. The molecule has 1 aromatic heterocycles. The van der Waals surface area contributed by atoms with E-state index in [2.05, 4.69) is 15.6 Å². The molecule has 0 aliphatic rings. The first-order valence-electron chi connectivity index (χ1n) is 5.44. The maximum absolute atomic E-state index is 13.2. The van der Waals surface area contributed by atoms with Gasteiger partial charge in [0.15, 0.2) is 5.82 Å². The maximum atomic E-state index is 13.2. The zero-order valence-corrected chi connectivity index (χ0v) is 9.56. The first-order chi connectivity index (χ1) is 8.75. The monoisotopic (exact) mass is 245 g/mol. The van der Waals surface area contributed by atoms with Crippen LogP contribution in [-0.4, -0.2) is 17.4 Å². The van der Waals surface area contributed by atoms with E-state index >= 15 is 0 Å². The third-order valence-electron chi connectivity index (χ3n) is 2.27. The van der Waals surface area contributed by atoms with Crippen molar-refractivity contribution in [3.63, 3.8) is 0 Å². The number of benzene rings is 1. The molecule has 2 aromatic rings. The first-order valence-corrected chi connectivity index (χ1v) is 5.44. The fraction of sp³-hybridized carbons (Fsp3) is 0.0769. The molecule has 2 N–H and O–H groups in total. The molecule has 0 saturated heterocycles. The highest BCUT2D eigenvalue weighted by molar-refractivity contribution is 5.93. The highest BCUT2D eigenvalue weighted by Gasteiger charge is 2.05. The van der Waals surface area contributed by atoms with Crippen LogP contribution in [0.15, 0.2) is 48.8 Å². The van der Waals surface area contributed by atoms with Gasteiger partial charge < -0.3 is 10.6 Å². The van der Waals surface area contributed by atoms with Crippen LogP contribution in [0.3, 0.4) is 0 Å². The van der Waals surface area contributed by atoms with E-state index in [1.54, 1.807) is 0 Å². The average molecular weight is 245 g/mol. The lowest BCUT2D eigenvalue weighted by atomic mass is 10.3. The Labute approximate surface area is 104 Å². The summed E-state index contributed by atoms with van der Waals surface area (Å²) in [6, 6.07) is 10.7. The van der Waals surface area contributed by atoms with Crippen molar-refractivity contribution in [1.82, 2.24) is 4.98 Å². The van der Waals surface area contributed by atoms with Crippen LogP contribution in [0.5, 0.6) is 0 Å². The van der Waals surface area contributed by atoms with Gasteiger partial charge in [0.05, 0.1) is 18.4 Å². The lowest BCUT2D eigenvalue weighted by Gasteiger charge is -2.07. The van der Waals surface area contributed by atoms with Gasteiger partial charge in [0.1, 0.15) is 0 Å². The van der Waals surface area contributed by atoms with Crippen LogP contribution in [0.4, 0.5) is 15.8 Å². The average Bonchev–Trinajstić information content (AvgIpc) is 2.40. The van der Waals surface area contributed by atoms with Crippen LogP contribution in [-0.2, 0) is 4.79 Å². The highest BCUT2D eigenvalue weighted by atomic mass is 19.1. The molecule has 0 radical (unpaired) electrons. The fourth-order valence-electron chi connectivity index (χ4n) is 1.41. The number of hydrogen-bond donors (Lipinski definition) is 2. The van der Waals surface area contributed by atoms with Gasteiger partial charge in [-0.15, -0.1) is 0 Å². The number of carbonyl (C=O) groups excluding carboxylic acids is 1. The van der Waals surface area contributed by atoms with Crippen molar-refractivity contribution in [1.29, 1.82) is 0 Å². The molecule has 1 aromatic carbocycles. The minimum atomic E-state index is -0.550. The van der Waals surface area contributed by atoms with E-state index in [-0.39, 0.29) is 18.1 Å². The molecule has 18 heavy (non-hydrogen) atoms. The molecule has 0 atom stereocenters. The van der Waals surface area contributed by atoms with Crippen LogP contribution >= 0.6 is 0 Å². The predicted octanol–water partition coefficient (Wildman–Crippen LogP) is 2.27. The van der Waals surface area contributed by atoms with E-state index in [1.165, 1.54) is 12.3 Å². The largest absolute Gasteiger partial charge is 0.376 e. The minimum Gasteiger partial charge on any atom is -0.376 e. The van der Waals surface area contributed by atoms with Crippen molar-refractivity contribution in [2.45, 2.75) is 0 Å². The van der Waals surface area contributed by atoms with Crippen molar-refractivity contribution < 1.29 is 9.18 Å². The molecule has 0 spiro atoms. The number of hydrogen-bond acceptors (Lipinski definition) is 3. The molecule has 2 rings (SSSR count). The SMILES string of the molecule is O=C(CNc1ccccc1)Nc1ccncc1F. The van der Waals surface area contributed by atoms with Gasteiger partial charge in [-0.3, -0.25) is 9.78 Å². The van der Waals surface area contributed by atoms with Crippen molar-refractivity contribution in [3.05, 3.63) is 54.6 Å². The van der Waals surface area contributed by atoms with Crippen LogP contribution in [0.1, 0.15) is 0 Å². The second kappa shape index (κ2) is 5.77. The number of rotatable bonds is 4. The lowest BCUT2D eigenvalue weighted by molar-refractivity contribution is -0.114. The summed E-state index contributed by atoms with van der Waals surface area (Å²) >= 11 is 0. The number of para-hydroxylation sites is 1. The van der Waals surface area contributed by atoms with E-state index in [0.717, 1.165) is 11.9 Å². The van der Waals surface area contributed by atoms with Crippen LogP contribution in [0.25, 0.3) is 0 Å². The lowest BCUT2D eigenvalue weighted by Crippen LogP contribution is -2.22. The summed E-state index contributed by atoms with van der Waals surface area (Å²) < 4.78 is 13.2. The fourth-order valence-corrected chi connectivity index (χ4v) is 1.41. The Kier molecular flexibility index (Phi) is 3.86. The topological polar surface area (TPSA) is 54.0 Å². The summed E-state index contributed by atoms with van der Waals surface area (Å²) in [5.74, 6) is -0.866. The van der Waals surface area contributed by atoms with Gasteiger partial charge in [-0.05, 0) is 18.2 Å². The molecule has 0 aliphatic heterocycles. The molecule has 1 heterocycles. The smallest absolute Gasteiger partial charge is 0.243 e. The van der Waals surface area contributed by atoms with Crippen LogP contribution in [0, 0.1) is 5.82 Å². The van der Waals surface area contributed by atoms with Crippen molar-refractivity contribution in [2.24, 2.45) is 0 Å². The Morgan fingerprint density at radius 1 is 1.22 bits per heavy atom. The van der Waals surface area contributed by atoms with Crippen molar-refractivity contribution >= 4 is 17.3 Å². The summed E-state index contributed by atoms with van der Waals surface area (Å²) in [5, 5.41) is 5.40. The highest BCUT2D eigenvalue weighted by Crippen LogP contribution is 2.10. The number of pyridine rings is 1. The molecular formula is C13H12FN3O. The van der Waals surface area contributed by atoms with Gasteiger partial charge in [0.2, 0.25) is 5.91 Å². The Hall–Kier alpha value is -2.43. The number of halogens is 1. The Balaban J connectivity index is 1.88. The number of carbonyl (C=O) groups is 1. The molecule has 1 amide bonds. The van der Waals surface area contributed by atoms with Gasteiger partial charge in [-0.25, -0.2) is 4.39 Å². The summed E-state index contributed by atoms with van der Waals surface area (Å²) in [5.41, 5.74) is 0.965. The zero-order valence-electron chi connectivity index (χ0n) is 9.56. The van der Waals surface area contributed by atoms with Gasteiger partial charge in [-0.2, -0.15) is 0 Å². The molecular weight excluding hydrogens is 233 g/mol. The van der Waals surface area contributed by atoms with E-state index in [1.807, 2.05) is 30.3 Å². The van der Waals surface area contributed by atoms with Gasteiger partial charge >= 0.3 is 0 Å². The number of amides is 1. The Morgan fingerprint density at radius 3 is 2.72 bits per heavy atom. The van der Waals surface area contributed by atoms with E-state index in [0.29, 0.717) is 0 Å². The first kappa shape index (κ1) is 12.0. The predicted molar refractivity (Wildman–Crippen MR) is 67.8 cm³/mol. The van der Waals surface area contributed by atoms with E-state index in [9.17, 15) is 9.18 Å². The summed E-state index contributed by atoms with van der Waals surface area (Å²) in [6.45, 7) is 0.0752. The molecule has 5 heteroatoms. The molecule has 0 aliphatic carbocycles. The van der Waals surface area contributed by atoms with Gasteiger partial charge in [0.25, 0.3) is 0 Å². The Bertz CT molecular complexity index is 531. The standard InChI is InChI=1S/C13H12FN3O/c14-11-8-15-7-6-12(11)17-13(18)9-16-10-4-2-1-3-5-10/h1-8,16H,9H2,(H,15,17,18). The van der Waals surface area contributed by atoms with E-state index < -0.39 is 5.82 Å². The maximum Gasteiger partial charge on any atom is 0.243 e. The number of anilines is 2. The summed E-state index contributed by atoms with van der Waals surface area (Å²) in [6.07, 6.45) is 2.48. The van der Waals surface area contributed by atoms with Gasteiger partial charge in [0, 0.05) is 11.9 Å². The molecule has 0 unspecified atom stereocenters. The Morgan fingerprint density at radius 2 is 2.00 bits per heavy atom. The number of nitrogens with zero attached hydrogens (tertiary/aromatic N) is 1. The second-order valence-electron chi connectivity index (χ2n) is 3.62.